The standard InChI is InChI=1S/C12H19N3O/c1-10-3-2-5-12(7-10,8-16)15-11-4-6-13-9-14-11/h4,6,9-10,16H,2-3,5,7-8H2,1H3,(H,13,14,15). The lowest BCUT2D eigenvalue weighted by Crippen LogP contribution is -2.46. The van der Waals surface area contributed by atoms with Crippen molar-refractivity contribution < 1.29 is 5.11 Å². The zero-order valence-corrected chi connectivity index (χ0v) is 9.69. The van der Waals surface area contributed by atoms with Gasteiger partial charge in [-0.3, -0.25) is 0 Å². The van der Waals surface area contributed by atoms with E-state index in [0.717, 1.165) is 18.7 Å². The van der Waals surface area contributed by atoms with Crippen LogP contribution in [0.1, 0.15) is 32.6 Å². The molecular formula is C12H19N3O. The van der Waals surface area contributed by atoms with Crippen molar-refractivity contribution in [3.05, 3.63) is 18.6 Å². The maximum absolute atomic E-state index is 9.61. The van der Waals surface area contributed by atoms with Crippen LogP contribution < -0.4 is 5.32 Å². The normalized spacial score (nSPS) is 30.0. The van der Waals surface area contributed by atoms with Crippen molar-refractivity contribution in [2.45, 2.75) is 38.1 Å². The van der Waals surface area contributed by atoms with Crippen molar-refractivity contribution in [3.63, 3.8) is 0 Å². The van der Waals surface area contributed by atoms with Gasteiger partial charge < -0.3 is 10.4 Å². The van der Waals surface area contributed by atoms with Crippen molar-refractivity contribution in [2.24, 2.45) is 5.92 Å². The van der Waals surface area contributed by atoms with Gasteiger partial charge in [0.1, 0.15) is 12.1 Å². The number of aliphatic hydroxyl groups is 1. The molecular weight excluding hydrogens is 202 g/mol. The largest absolute Gasteiger partial charge is 0.394 e. The van der Waals surface area contributed by atoms with Crippen LogP contribution in [0.25, 0.3) is 0 Å². The Morgan fingerprint density at radius 1 is 1.62 bits per heavy atom. The Hall–Kier alpha value is -1.16. The van der Waals surface area contributed by atoms with Crippen molar-refractivity contribution in [3.8, 4) is 0 Å². The lowest BCUT2D eigenvalue weighted by atomic mass is 9.77. The molecule has 1 aromatic heterocycles. The molecule has 88 valence electrons. The summed E-state index contributed by atoms with van der Waals surface area (Å²) in [5, 5.41) is 13.0. The summed E-state index contributed by atoms with van der Waals surface area (Å²) in [5.41, 5.74) is -0.188. The topological polar surface area (TPSA) is 58.0 Å². The molecule has 0 aliphatic heterocycles. The predicted molar refractivity (Wildman–Crippen MR) is 63.1 cm³/mol. The highest BCUT2D eigenvalue weighted by Crippen LogP contribution is 2.34. The summed E-state index contributed by atoms with van der Waals surface area (Å²) in [7, 11) is 0. The number of aromatic nitrogens is 2. The maximum atomic E-state index is 9.61. The third kappa shape index (κ3) is 2.50. The number of nitrogens with zero attached hydrogens (tertiary/aromatic N) is 2. The Balaban J connectivity index is 2.10. The first kappa shape index (κ1) is 11.3. The predicted octanol–water partition coefficient (Wildman–Crippen LogP) is 1.83. The van der Waals surface area contributed by atoms with Crippen molar-refractivity contribution in [2.75, 3.05) is 11.9 Å². The van der Waals surface area contributed by atoms with Crippen molar-refractivity contribution in [1.82, 2.24) is 9.97 Å². The zero-order chi connectivity index (χ0) is 11.4. The summed E-state index contributed by atoms with van der Waals surface area (Å²) in [6, 6.07) is 1.84. The fourth-order valence-electron chi connectivity index (χ4n) is 2.59. The second kappa shape index (κ2) is 4.78. The summed E-state index contributed by atoms with van der Waals surface area (Å²) in [4.78, 5) is 8.05. The van der Waals surface area contributed by atoms with E-state index in [-0.39, 0.29) is 12.1 Å². The van der Waals surface area contributed by atoms with Gasteiger partial charge in [0.2, 0.25) is 0 Å². The summed E-state index contributed by atoms with van der Waals surface area (Å²) >= 11 is 0. The van der Waals surface area contributed by atoms with Gasteiger partial charge in [-0.1, -0.05) is 19.8 Å². The zero-order valence-electron chi connectivity index (χ0n) is 9.69. The summed E-state index contributed by atoms with van der Waals surface area (Å²) < 4.78 is 0. The van der Waals surface area contributed by atoms with Gasteiger partial charge >= 0.3 is 0 Å². The monoisotopic (exact) mass is 221 g/mol. The molecule has 1 aromatic rings. The first-order chi connectivity index (χ1) is 7.74. The van der Waals surface area contributed by atoms with Crippen molar-refractivity contribution >= 4 is 5.82 Å². The molecule has 0 spiro atoms. The molecule has 0 radical (unpaired) electrons. The highest BCUT2D eigenvalue weighted by molar-refractivity contribution is 5.36. The molecule has 16 heavy (non-hydrogen) atoms. The van der Waals surface area contributed by atoms with E-state index in [2.05, 4.69) is 22.2 Å². The Kier molecular flexibility index (Phi) is 3.39. The Morgan fingerprint density at radius 2 is 2.50 bits per heavy atom. The van der Waals surface area contributed by atoms with E-state index < -0.39 is 0 Å². The second-order valence-corrected chi connectivity index (χ2v) is 4.86. The molecule has 1 saturated carbocycles. The third-order valence-corrected chi connectivity index (χ3v) is 3.37. The molecule has 4 heteroatoms. The maximum Gasteiger partial charge on any atom is 0.129 e. The highest BCUT2D eigenvalue weighted by Gasteiger charge is 2.34. The first-order valence-electron chi connectivity index (χ1n) is 5.89. The molecule has 1 heterocycles. The fraction of sp³-hybridized carbons (Fsp3) is 0.667. The van der Waals surface area contributed by atoms with Gasteiger partial charge in [-0.2, -0.15) is 0 Å². The van der Waals surface area contributed by atoms with Gasteiger partial charge in [0.25, 0.3) is 0 Å². The van der Waals surface area contributed by atoms with E-state index >= 15 is 0 Å². The van der Waals surface area contributed by atoms with Gasteiger partial charge in [0, 0.05) is 6.20 Å². The molecule has 1 aliphatic carbocycles. The molecule has 1 aliphatic rings. The van der Waals surface area contributed by atoms with Crippen LogP contribution in [0.4, 0.5) is 5.82 Å². The molecule has 0 amide bonds. The lowest BCUT2D eigenvalue weighted by molar-refractivity contribution is 0.149. The molecule has 1 fully saturated rings. The Bertz CT molecular complexity index is 330. The molecule has 2 N–H and O–H groups in total. The van der Waals surface area contributed by atoms with E-state index in [1.54, 1.807) is 6.20 Å². The van der Waals surface area contributed by atoms with Gasteiger partial charge in [0.15, 0.2) is 0 Å². The van der Waals surface area contributed by atoms with Crippen LogP contribution in [0.15, 0.2) is 18.6 Å². The summed E-state index contributed by atoms with van der Waals surface area (Å²) in [5.74, 6) is 1.47. The number of hydrogen-bond acceptors (Lipinski definition) is 4. The van der Waals surface area contributed by atoms with Crippen LogP contribution in [0, 0.1) is 5.92 Å². The van der Waals surface area contributed by atoms with E-state index in [0.29, 0.717) is 5.92 Å². The average Bonchev–Trinajstić information content (AvgIpc) is 2.30. The third-order valence-electron chi connectivity index (χ3n) is 3.37. The second-order valence-electron chi connectivity index (χ2n) is 4.86. The highest BCUT2D eigenvalue weighted by atomic mass is 16.3. The van der Waals surface area contributed by atoms with Crippen LogP contribution in [-0.4, -0.2) is 27.2 Å². The van der Waals surface area contributed by atoms with E-state index in [9.17, 15) is 5.11 Å². The number of nitrogens with one attached hydrogen (secondary N) is 1. The van der Waals surface area contributed by atoms with E-state index in [4.69, 9.17) is 0 Å². The summed E-state index contributed by atoms with van der Waals surface area (Å²) in [6.45, 7) is 2.41. The average molecular weight is 221 g/mol. The molecule has 0 aromatic carbocycles. The molecule has 2 atom stereocenters. The molecule has 2 unspecified atom stereocenters. The molecule has 4 nitrogen and oxygen atoms in total. The molecule has 2 rings (SSSR count). The SMILES string of the molecule is CC1CCCC(CO)(Nc2ccncn2)C1. The summed E-state index contributed by atoms with van der Waals surface area (Å²) in [6.07, 6.45) is 7.69. The van der Waals surface area contributed by atoms with Crippen molar-refractivity contribution in [1.29, 1.82) is 0 Å². The van der Waals surface area contributed by atoms with Gasteiger partial charge in [-0.05, 0) is 24.8 Å². The van der Waals surface area contributed by atoms with E-state index in [1.165, 1.54) is 19.2 Å². The minimum absolute atomic E-state index is 0.168. The minimum atomic E-state index is -0.188. The quantitative estimate of drug-likeness (QED) is 0.817. The Morgan fingerprint density at radius 3 is 3.12 bits per heavy atom. The van der Waals surface area contributed by atoms with Crippen LogP contribution in [0.2, 0.25) is 0 Å². The molecule has 0 bridgehead atoms. The number of anilines is 1. The van der Waals surface area contributed by atoms with Crippen LogP contribution in [0.5, 0.6) is 0 Å². The number of hydrogen-bond donors (Lipinski definition) is 2. The Labute approximate surface area is 96.1 Å². The smallest absolute Gasteiger partial charge is 0.129 e. The van der Waals surface area contributed by atoms with Crippen LogP contribution in [-0.2, 0) is 0 Å². The first-order valence-corrected chi connectivity index (χ1v) is 5.89. The van der Waals surface area contributed by atoms with Crippen LogP contribution in [0.3, 0.4) is 0 Å². The van der Waals surface area contributed by atoms with E-state index in [1.807, 2.05) is 6.07 Å². The van der Waals surface area contributed by atoms with Crippen LogP contribution >= 0.6 is 0 Å². The van der Waals surface area contributed by atoms with Gasteiger partial charge in [0.05, 0.1) is 12.1 Å². The lowest BCUT2D eigenvalue weighted by Gasteiger charge is -2.39. The van der Waals surface area contributed by atoms with Gasteiger partial charge in [-0.25, -0.2) is 9.97 Å². The van der Waals surface area contributed by atoms with Gasteiger partial charge in [-0.15, -0.1) is 0 Å². The number of rotatable bonds is 3. The number of aliphatic hydroxyl groups excluding tert-OH is 1. The molecule has 0 saturated heterocycles. The minimum Gasteiger partial charge on any atom is -0.394 e. The fourth-order valence-corrected chi connectivity index (χ4v) is 2.59.